The van der Waals surface area contributed by atoms with E-state index in [0.717, 1.165) is 18.7 Å². The Labute approximate surface area is 99.0 Å². The van der Waals surface area contributed by atoms with Crippen LogP contribution in [-0.4, -0.2) is 20.7 Å². The number of ether oxygens (including phenoxy) is 1. The molecule has 0 radical (unpaired) electrons. The summed E-state index contributed by atoms with van der Waals surface area (Å²) in [7, 11) is 3.74. The largest absolute Gasteiger partial charge is 0.496 e. The molecule has 1 aromatic carbocycles. The van der Waals surface area contributed by atoms with Gasteiger partial charge >= 0.3 is 0 Å². The molecule has 90 valence electrons. The molecule has 0 aromatic heterocycles. The van der Waals surface area contributed by atoms with Crippen LogP contribution in [0.1, 0.15) is 36.5 Å². The minimum atomic E-state index is 0.503. The number of likely N-dealkylation sites (N-methyl/N-ethyl adjacent to an activating group) is 1. The van der Waals surface area contributed by atoms with Crippen LogP contribution in [0.15, 0.2) is 12.1 Å². The van der Waals surface area contributed by atoms with Gasteiger partial charge in [0.1, 0.15) is 5.75 Å². The van der Waals surface area contributed by atoms with Crippen molar-refractivity contribution in [2.24, 2.45) is 0 Å². The summed E-state index contributed by atoms with van der Waals surface area (Å²) in [5.74, 6) is 1.55. The molecule has 2 nitrogen and oxygen atoms in total. The van der Waals surface area contributed by atoms with E-state index in [1.54, 1.807) is 7.11 Å². The standard InChI is InChI=1S/C14H23NO/c1-10(2)13-9-12(6-7-15-4)8-11(3)14(13)16-5/h8-10,15H,6-7H2,1-5H3. The van der Waals surface area contributed by atoms with Gasteiger partial charge in [-0.1, -0.05) is 26.0 Å². The molecule has 2 heteroatoms. The van der Waals surface area contributed by atoms with Gasteiger partial charge in [-0.15, -0.1) is 0 Å². The molecule has 0 atom stereocenters. The highest BCUT2D eigenvalue weighted by Crippen LogP contribution is 2.31. The molecule has 0 fully saturated rings. The highest BCUT2D eigenvalue weighted by atomic mass is 16.5. The minimum absolute atomic E-state index is 0.503. The minimum Gasteiger partial charge on any atom is -0.496 e. The van der Waals surface area contributed by atoms with E-state index < -0.39 is 0 Å². The lowest BCUT2D eigenvalue weighted by Gasteiger charge is -2.16. The Morgan fingerprint density at radius 3 is 2.50 bits per heavy atom. The first-order valence-corrected chi connectivity index (χ1v) is 5.92. The second kappa shape index (κ2) is 5.90. The monoisotopic (exact) mass is 221 g/mol. The van der Waals surface area contributed by atoms with Crippen LogP contribution in [0.25, 0.3) is 0 Å². The maximum absolute atomic E-state index is 5.48. The Balaban J connectivity index is 3.07. The maximum Gasteiger partial charge on any atom is 0.125 e. The van der Waals surface area contributed by atoms with Crippen LogP contribution in [0.2, 0.25) is 0 Å². The summed E-state index contributed by atoms with van der Waals surface area (Å²) in [5, 5.41) is 3.18. The smallest absolute Gasteiger partial charge is 0.125 e. The highest BCUT2D eigenvalue weighted by molar-refractivity contribution is 5.45. The van der Waals surface area contributed by atoms with Crippen LogP contribution in [0.4, 0.5) is 0 Å². The summed E-state index contributed by atoms with van der Waals surface area (Å²) in [4.78, 5) is 0. The summed E-state index contributed by atoms with van der Waals surface area (Å²) in [5.41, 5.74) is 3.93. The molecule has 0 aliphatic heterocycles. The van der Waals surface area contributed by atoms with Crippen LogP contribution in [0, 0.1) is 6.92 Å². The van der Waals surface area contributed by atoms with Crippen molar-refractivity contribution in [1.82, 2.24) is 5.32 Å². The molecular formula is C14H23NO. The third-order valence-electron chi connectivity index (χ3n) is 2.85. The zero-order chi connectivity index (χ0) is 12.1. The zero-order valence-corrected chi connectivity index (χ0v) is 11.1. The van der Waals surface area contributed by atoms with E-state index in [0.29, 0.717) is 5.92 Å². The lowest BCUT2D eigenvalue weighted by Crippen LogP contribution is -2.11. The second-order valence-corrected chi connectivity index (χ2v) is 4.54. The molecular weight excluding hydrogens is 198 g/mol. The van der Waals surface area contributed by atoms with E-state index in [1.807, 2.05) is 7.05 Å². The third kappa shape index (κ3) is 2.99. The van der Waals surface area contributed by atoms with Gasteiger partial charge in [0, 0.05) is 0 Å². The average Bonchev–Trinajstić information content (AvgIpc) is 2.25. The average molecular weight is 221 g/mol. The lowest BCUT2D eigenvalue weighted by atomic mass is 9.95. The molecule has 0 aliphatic carbocycles. The van der Waals surface area contributed by atoms with Gasteiger partial charge in [-0.2, -0.15) is 0 Å². The number of rotatable bonds is 5. The fourth-order valence-corrected chi connectivity index (χ4v) is 2.00. The normalized spacial score (nSPS) is 10.9. The van der Waals surface area contributed by atoms with Gasteiger partial charge in [0.25, 0.3) is 0 Å². The molecule has 1 N–H and O–H groups in total. The Morgan fingerprint density at radius 2 is 2.00 bits per heavy atom. The van der Waals surface area contributed by atoms with Crippen LogP contribution >= 0.6 is 0 Å². The summed E-state index contributed by atoms with van der Waals surface area (Å²) in [6.45, 7) is 7.55. The fourth-order valence-electron chi connectivity index (χ4n) is 2.00. The zero-order valence-electron chi connectivity index (χ0n) is 11.1. The highest BCUT2D eigenvalue weighted by Gasteiger charge is 2.11. The van der Waals surface area contributed by atoms with Crippen LogP contribution < -0.4 is 10.1 Å². The Kier molecular flexibility index (Phi) is 4.81. The number of hydrogen-bond donors (Lipinski definition) is 1. The van der Waals surface area contributed by atoms with Gasteiger partial charge in [0.15, 0.2) is 0 Å². The van der Waals surface area contributed by atoms with E-state index in [2.05, 4.69) is 38.2 Å². The van der Waals surface area contributed by atoms with Crippen molar-refractivity contribution >= 4 is 0 Å². The Bertz CT molecular complexity index is 345. The first kappa shape index (κ1) is 13.0. The molecule has 1 aromatic rings. The lowest BCUT2D eigenvalue weighted by molar-refractivity contribution is 0.404. The first-order valence-electron chi connectivity index (χ1n) is 5.92. The van der Waals surface area contributed by atoms with Crippen molar-refractivity contribution < 1.29 is 4.74 Å². The van der Waals surface area contributed by atoms with Gasteiger partial charge in [0.2, 0.25) is 0 Å². The number of aryl methyl sites for hydroxylation is 1. The molecule has 0 saturated carbocycles. The van der Waals surface area contributed by atoms with Crippen molar-refractivity contribution in [3.05, 3.63) is 28.8 Å². The molecule has 0 amide bonds. The van der Waals surface area contributed by atoms with E-state index in [4.69, 9.17) is 4.74 Å². The quantitative estimate of drug-likeness (QED) is 0.825. The maximum atomic E-state index is 5.48. The number of nitrogens with one attached hydrogen (secondary N) is 1. The van der Waals surface area contributed by atoms with Crippen molar-refractivity contribution in [1.29, 1.82) is 0 Å². The summed E-state index contributed by atoms with van der Waals surface area (Å²) in [6, 6.07) is 4.50. The fraction of sp³-hybridized carbons (Fsp3) is 0.571. The van der Waals surface area contributed by atoms with Crippen LogP contribution in [0.5, 0.6) is 5.75 Å². The van der Waals surface area contributed by atoms with Crippen molar-refractivity contribution in [2.75, 3.05) is 20.7 Å². The molecule has 0 bridgehead atoms. The number of hydrogen-bond acceptors (Lipinski definition) is 2. The summed E-state index contributed by atoms with van der Waals surface area (Å²) >= 11 is 0. The predicted octanol–water partition coefficient (Wildman–Crippen LogP) is 2.89. The van der Waals surface area contributed by atoms with Crippen molar-refractivity contribution in [3.8, 4) is 5.75 Å². The summed E-state index contributed by atoms with van der Waals surface area (Å²) in [6.07, 6.45) is 1.07. The SMILES string of the molecule is CNCCc1cc(C)c(OC)c(C(C)C)c1. The predicted molar refractivity (Wildman–Crippen MR) is 69.5 cm³/mol. The van der Waals surface area contributed by atoms with Gasteiger partial charge in [-0.3, -0.25) is 0 Å². The van der Waals surface area contributed by atoms with E-state index in [-0.39, 0.29) is 0 Å². The molecule has 1 rings (SSSR count). The van der Waals surface area contributed by atoms with Crippen LogP contribution in [0.3, 0.4) is 0 Å². The van der Waals surface area contributed by atoms with E-state index in [9.17, 15) is 0 Å². The summed E-state index contributed by atoms with van der Waals surface area (Å²) < 4.78 is 5.48. The van der Waals surface area contributed by atoms with Crippen LogP contribution in [-0.2, 0) is 6.42 Å². The Morgan fingerprint density at radius 1 is 1.31 bits per heavy atom. The molecule has 0 unspecified atom stereocenters. The molecule has 0 heterocycles. The molecule has 0 aliphatic rings. The third-order valence-corrected chi connectivity index (χ3v) is 2.85. The Hall–Kier alpha value is -1.02. The van der Waals surface area contributed by atoms with Crippen molar-refractivity contribution in [2.45, 2.75) is 33.1 Å². The van der Waals surface area contributed by atoms with Gasteiger partial charge in [0.05, 0.1) is 7.11 Å². The second-order valence-electron chi connectivity index (χ2n) is 4.54. The van der Waals surface area contributed by atoms with Gasteiger partial charge < -0.3 is 10.1 Å². The molecule has 0 saturated heterocycles. The van der Waals surface area contributed by atoms with E-state index >= 15 is 0 Å². The number of benzene rings is 1. The van der Waals surface area contributed by atoms with Gasteiger partial charge in [-0.05, 0) is 49.5 Å². The molecule has 0 spiro atoms. The topological polar surface area (TPSA) is 21.3 Å². The van der Waals surface area contributed by atoms with Gasteiger partial charge in [-0.25, -0.2) is 0 Å². The van der Waals surface area contributed by atoms with E-state index in [1.165, 1.54) is 16.7 Å². The van der Waals surface area contributed by atoms with Crippen molar-refractivity contribution in [3.63, 3.8) is 0 Å². The number of methoxy groups -OCH3 is 1. The molecule has 16 heavy (non-hydrogen) atoms. The first-order chi connectivity index (χ1) is 7.60.